The van der Waals surface area contributed by atoms with Gasteiger partial charge in [-0.1, -0.05) is 13.8 Å². The van der Waals surface area contributed by atoms with E-state index in [0.717, 1.165) is 12.8 Å². The van der Waals surface area contributed by atoms with Crippen molar-refractivity contribution in [1.82, 2.24) is 15.1 Å². The van der Waals surface area contributed by atoms with Gasteiger partial charge in [0.2, 0.25) is 0 Å². The molecule has 0 fully saturated rings. The maximum absolute atomic E-state index is 11.9. The first-order valence-corrected chi connectivity index (χ1v) is 6.90. The first-order valence-electron chi connectivity index (χ1n) is 6.90. The third-order valence-corrected chi connectivity index (χ3v) is 2.85. The summed E-state index contributed by atoms with van der Waals surface area (Å²) in [5, 5.41) is 6.84. The summed E-state index contributed by atoms with van der Waals surface area (Å²) >= 11 is 0. The van der Waals surface area contributed by atoms with Gasteiger partial charge in [0.05, 0.1) is 13.2 Å². The van der Waals surface area contributed by atoms with Gasteiger partial charge in [-0.3, -0.25) is 9.59 Å². The Labute approximate surface area is 119 Å². The highest BCUT2D eigenvalue weighted by Gasteiger charge is 2.09. The highest BCUT2D eigenvalue weighted by Crippen LogP contribution is 2.02. The number of carbonyl (C=O) groups excluding carboxylic acids is 1. The van der Waals surface area contributed by atoms with Crippen LogP contribution in [0.5, 0.6) is 0 Å². The Morgan fingerprint density at radius 1 is 1.45 bits per heavy atom. The maximum Gasteiger partial charge on any atom is 0.271 e. The molecule has 0 spiro atoms. The van der Waals surface area contributed by atoms with Gasteiger partial charge in [-0.05, 0) is 24.8 Å². The molecule has 1 aromatic rings. The molecule has 1 aromatic heterocycles. The van der Waals surface area contributed by atoms with Gasteiger partial charge in [-0.25, -0.2) is 4.68 Å². The Hall–Kier alpha value is -1.69. The van der Waals surface area contributed by atoms with Gasteiger partial charge in [0.25, 0.3) is 11.5 Å². The van der Waals surface area contributed by atoms with Crippen molar-refractivity contribution >= 4 is 5.91 Å². The number of aromatic nitrogens is 2. The smallest absolute Gasteiger partial charge is 0.271 e. The summed E-state index contributed by atoms with van der Waals surface area (Å²) in [5.41, 5.74) is 0.0173. The quantitative estimate of drug-likeness (QED) is 0.723. The van der Waals surface area contributed by atoms with Crippen molar-refractivity contribution in [3.05, 3.63) is 28.2 Å². The number of rotatable bonds is 8. The fourth-order valence-corrected chi connectivity index (χ4v) is 1.71. The minimum atomic E-state index is -0.250. The van der Waals surface area contributed by atoms with E-state index in [-0.39, 0.29) is 17.2 Å². The van der Waals surface area contributed by atoms with Crippen LogP contribution < -0.4 is 10.9 Å². The van der Waals surface area contributed by atoms with E-state index in [2.05, 4.69) is 24.3 Å². The number of carbonyl (C=O) groups is 1. The first-order chi connectivity index (χ1) is 9.54. The topological polar surface area (TPSA) is 73.2 Å². The van der Waals surface area contributed by atoms with Crippen LogP contribution in [0.3, 0.4) is 0 Å². The van der Waals surface area contributed by atoms with Crippen molar-refractivity contribution in [2.24, 2.45) is 5.92 Å². The van der Waals surface area contributed by atoms with E-state index in [4.69, 9.17) is 4.74 Å². The van der Waals surface area contributed by atoms with Crippen molar-refractivity contribution in [3.8, 4) is 0 Å². The van der Waals surface area contributed by atoms with Crippen LogP contribution in [0.25, 0.3) is 0 Å². The largest absolute Gasteiger partial charge is 0.383 e. The zero-order chi connectivity index (χ0) is 15.0. The molecule has 0 aromatic carbocycles. The second-order valence-corrected chi connectivity index (χ2v) is 5.06. The van der Waals surface area contributed by atoms with Crippen LogP contribution in [0, 0.1) is 5.92 Å². The van der Waals surface area contributed by atoms with Crippen molar-refractivity contribution in [1.29, 1.82) is 0 Å². The average Bonchev–Trinajstić information content (AvgIpc) is 2.42. The zero-order valence-corrected chi connectivity index (χ0v) is 12.4. The van der Waals surface area contributed by atoms with Gasteiger partial charge in [0.1, 0.15) is 5.69 Å². The summed E-state index contributed by atoms with van der Waals surface area (Å²) in [6, 6.07) is 2.80. The Morgan fingerprint density at radius 3 is 2.85 bits per heavy atom. The molecule has 0 aliphatic rings. The molecule has 0 saturated carbocycles. The second-order valence-electron chi connectivity index (χ2n) is 5.06. The Morgan fingerprint density at radius 2 is 2.20 bits per heavy atom. The third-order valence-electron chi connectivity index (χ3n) is 2.85. The lowest BCUT2D eigenvalue weighted by atomic mass is 10.1. The Bertz CT molecular complexity index is 483. The molecule has 1 heterocycles. The van der Waals surface area contributed by atoms with Gasteiger partial charge in [-0.15, -0.1) is 0 Å². The van der Waals surface area contributed by atoms with Crippen LogP contribution in [-0.4, -0.2) is 35.9 Å². The molecule has 0 aliphatic carbocycles. The van der Waals surface area contributed by atoms with Gasteiger partial charge >= 0.3 is 0 Å². The molecule has 112 valence electrons. The molecule has 0 aliphatic heterocycles. The van der Waals surface area contributed by atoms with E-state index >= 15 is 0 Å². The van der Waals surface area contributed by atoms with Crippen molar-refractivity contribution in [2.45, 2.75) is 33.2 Å². The number of ether oxygens (including phenoxy) is 1. The number of amides is 1. The number of nitrogens with one attached hydrogen (secondary N) is 1. The summed E-state index contributed by atoms with van der Waals surface area (Å²) in [5.74, 6) is 0.376. The van der Waals surface area contributed by atoms with Crippen LogP contribution in [0.1, 0.15) is 37.2 Å². The van der Waals surface area contributed by atoms with Crippen LogP contribution in [0.2, 0.25) is 0 Å². The molecule has 0 atom stereocenters. The van der Waals surface area contributed by atoms with E-state index in [0.29, 0.717) is 25.6 Å². The lowest BCUT2D eigenvalue weighted by Crippen LogP contribution is -2.31. The molecule has 1 rings (SSSR count). The highest BCUT2D eigenvalue weighted by molar-refractivity contribution is 5.91. The van der Waals surface area contributed by atoms with Gasteiger partial charge < -0.3 is 10.1 Å². The minimum absolute atomic E-state index is 0.238. The number of hydrogen-bond acceptors (Lipinski definition) is 4. The van der Waals surface area contributed by atoms with Gasteiger partial charge in [0.15, 0.2) is 0 Å². The third kappa shape index (κ3) is 5.52. The molecular weight excluding hydrogens is 258 g/mol. The fourth-order valence-electron chi connectivity index (χ4n) is 1.71. The number of methoxy groups -OCH3 is 1. The van der Waals surface area contributed by atoms with E-state index in [9.17, 15) is 9.59 Å². The lowest BCUT2D eigenvalue weighted by Gasteiger charge is -2.08. The fraction of sp³-hybridized carbons (Fsp3) is 0.643. The van der Waals surface area contributed by atoms with Crippen LogP contribution in [-0.2, 0) is 11.3 Å². The molecule has 0 saturated heterocycles. The molecule has 0 bridgehead atoms. The number of nitrogens with zero attached hydrogens (tertiary/aromatic N) is 2. The molecule has 1 amide bonds. The Balaban J connectivity index is 2.57. The second kappa shape index (κ2) is 8.47. The van der Waals surface area contributed by atoms with E-state index in [1.54, 1.807) is 7.11 Å². The summed E-state index contributed by atoms with van der Waals surface area (Å²) in [6.07, 6.45) is 2.01. The van der Waals surface area contributed by atoms with Crippen molar-refractivity contribution in [3.63, 3.8) is 0 Å². The summed E-state index contributed by atoms with van der Waals surface area (Å²) < 4.78 is 6.15. The summed E-state index contributed by atoms with van der Waals surface area (Å²) in [6.45, 7) is 5.64. The molecular formula is C14H23N3O3. The molecule has 1 N–H and O–H groups in total. The summed E-state index contributed by atoms with van der Waals surface area (Å²) in [4.78, 5) is 23.5. The lowest BCUT2D eigenvalue weighted by molar-refractivity contribution is 0.0944. The molecule has 20 heavy (non-hydrogen) atoms. The zero-order valence-electron chi connectivity index (χ0n) is 12.4. The van der Waals surface area contributed by atoms with Crippen LogP contribution in [0.15, 0.2) is 16.9 Å². The standard InChI is InChI=1S/C14H23N3O3/c1-11(2)5-4-8-15-14(19)12-6-7-13(18)17(16-12)9-10-20-3/h6-7,11H,4-5,8-10H2,1-3H3,(H,15,19). The van der Waals surface area contributed by atoms with E-state index in [1.807, 2.05) is 0 Å². The van der Waals surface area contributed by atoms with Gasteiger partial charge in [-0.2, -0.15) is 5.10 Å². The van der Waals surface area contributed by atoms with Crippen molar-refractivity contribution < 1.29 is 9.53 Å². The predicted molar refractivity (Wildman–Crippen MR) is 76.8 cm³/mol. The monoisotopic (exact) mass is 281 g/mol. The Kier molecular flexibility index (Phi) is 6.93. The SMILES string of the molecule is COCCn1nc(C(=O)NCCCC(C)C)ccc1=O. The number of hydrogen-bond donors (Lipinski definition) is 1. The highest BCUT2D eigenvalue weighted by atomic mass is 16.5. The van der Waals surface area contributed by atoms with E-state index < -0.39 is 0 Å². The van der Waals surface area contributed by atoms with Crippen LogP contribution in [0.4, 0.5) is 0 Å². The van der Waals surface area contributed by atoms with Crippen LogP contribution >= 0.6 is 0 Å². The normalized spacial score (nSPS) is 10.8. The molecule has 6 nitrogen and oxygen atoms in total. The average molecular weight is 281 g/mol. The molecule has 0 radical (unpaired) electrons. The minimum Gasteiger partial charge on any atom is -0.383 e. The summed E-state index contributed by atoms with van der Waals surface area (Å²) in [7, 11) is 1.55. The van der Waals surface area contributed by atoms with E-state index in [1.165, 1.54) is 16.8 Å². The van der Waals surface area contributed by atoms with Crippen molar-refractivity contribution in [2.75, 3.05) is 20.3 Å². The first kappa shape index (κ1) is 16.4. The maximum atomic E-state index is 11.9. The van der Waals surface area contributed by atoms with Gasteiger partial charge in [0, 0.05) is 19.7 Å². The predicted octanol–water partition coefficient (Wildman–Crippen LogP) is 1.06. The molecule has 6 heteroatoms. The molecule has 0 unspecified atom stereocenters.